The molecule has 3 aliphatic carbocycles. The SMILES string of the molecule is CC(C)CCC[C@@H](C)[C@H]1CC[C@H]2[C@@H]3CC=C4C(=O)NCC[C@]4(C)[C@H]3CC[C@]12C. The lowest BCUT2D eigenvalue weighted by atomic mass is 9.48. The smallest absolute Gasteiger partial charge is 0.247 e. The Kier molecular flexibility index (Phi) is 5.47. The van der Waals surface area contributed by atoms with Crippen molar-refractivity contribution in [2.45, 2.75) is 92.4 Å². The van der Waals surface area contributed by atoms with E-state index >= 15 is 0 Å². The molecule has 1 aliphatic heterocycles. The average molecular weight is 386 g/mol. The van der Waals surface area contributed by atoms with E-state index in [4.69, 9.17) is 0 Å². The standard InChI is InChI=1S/C26H43NO/c1-17(2)7-6-8-18(3)20-11-12-21-19-9-10-23-24(28)27-16-15-26(23,5)22(19)13-14-25(20,21)4/h10,17-22H,6-9,11-16H2,1-5H3,(H,27,28)/t18-,19+,20-,21+,22+,25-,26-/m1/s1. The molecule has 0 unspecified atom stereocenters. The fraction of sp³-hybridized carbons (Fsp3) is 0.885. The van der Waals surface area contributed by atoms with Crippen molar-refractivity contribution in [3.63, 3.8) is 0 Å². The van der Waals surface area contributed by atoms with Crippen molar-refractivity contribution < 1.29 is 4.79 Å². The summed E-state index contributed by atoms with van der Waals surface area (Å²) in [7, 11) is 0. The Hall–Kier alpha value is -0.790. The first kappa shape index (κ1) is 20.5. The van der Waals surface area contributed by atoms with Crippen LogP contribution in [0.15, 0.2) is 11.6 Å². The summed E-state index contributed by atoms with van der Waals surface area (Å²) in [5, 5.41) is 3.10. The lowest BCUT2D eigenvalue weighted by Gasteiger charge is -2.57. The molecule has 158 valence electrons. The molecule has 1 amide bonds. The minimum absolute atomic E-state index is 0.132. The van der Waals surface area contributed by atoms with Crippen molar-refractivity contribution in [3.8, 4) is 0 Å². The van der Waals surface area contributed by atoms with Crippen LogP contribution < -0.4 is 5.32 Å². The zero-order valence-corrected chi connectivity index (χ0v) is 19.0. The fourth-order valence-electron chi connectivity index (χ4n) is 8.32. The van der Waals surface area contributed by atoms with Crippen LogP contribution in [0.1, 0.15) is 92.4 Å². The van der Waals surface area contributed by atoms with Crippen molar-refractivity contribution in [2.24, 2.45) is 46.3 Å². The van der Waals surface area contributed by atoms with Crippen molar-refractivity contribution in [1.82, 2.24) is 5.32 Å². The van der Waals surface area contributed by atoms with Crippen LogP contribution in [0.3, 0.4) is 0 Å². The zero-order valence-electron chi connectivity index (χ0n) is 19.0. The first-order valence-electron chi connectivity index (χ1n) is 12.3. The van der Waals surface area contributed by atoms with Gasteiger partial charge in [-0.25, -0.2) is 0 Å². The van der Waals surface area contributed by atoms with Crippen molar-refractivity contribution in [2.75, 3.05) is 6.54 Å². The molecule has 4 rings (SSSR count). The molecule has 1 N–H and O–H groups in total. The van der Waals surface area contributed by atoms with Gasteiger partial charge in [-0.3, -0.25) is 4.79 Å². The maximum Gasteiger partial charge on any atom is 0.247 e. The number of carbonyl (C=O) groups excluding carboxylic acids is 1. The molecule has 28 heavy (non-hydrogen) atoms. The van der Waals surface area contributed by atoms with Gasteiger partial charge in [-0.05, 0) is 79.4 Å². The first-order valence-corrected chi connectivity index (χ1v) is 12.3. The molecule has 0 aromatic carbocycles. The molecule has 2 nitrogen and oxygen atoms in total. The Morgan fingerprint density at radius 3 is 2.61 bits per heavy atom. The van der Waals surface area contributed by atoms with E-state index in [-0.39, 0.29) is 11.3 Å². The predicted octanol–water partition coefficient (Wildman–Crippen LogP) is 6.36. The first-order chi connectivity index (χ1) is 13.3. The molecule has 0 aromatic rings. The molecule has 0 radical (unpaired) electrons. The molecule has 3 fully saturated rings. The highest BCUT2D eigenvalue weighted by Gasteiger charge is 2.59. The molecule has 2 saturated carbocycles. The number of nitrogens with one attached hydrogen (secondary N) is 1. The Morgan fingerprint density at radius 1 is 1.07 bits per heavy atom. The van der Waals surface area contributed by atoms with Crippen molar-refractivity contribution in [3.05, 3.63) is 11.6 Å². The van der Waals surface area contributed by atoms with Crippen LogP contribution in [0.4, 0.5) is 0 Å². The summed E-state index contributed by atoms with van der Waals surface area (Å²) in [6.07, 6.45) is 14.5. The van der Waals surface area contributed by atoms with E-state index in [1.165, 1.54) is 44.9 Å². The second-order valence-corrected chi connectivity index (χ2v) is 11.7. The average Bonchev–Trinajstić information content (AvgIpc) is 2.98. The maximum absolute atomic E-state index is 12.5. The van der Waals surface area contributed by atoms with Gasteiger partial charge in [0.15, 0.2) is 0 Å². The summed E-state index contributed by atoms with van der Waals surface area (Å²) in [5.41, 5.74) is 1.80. The molecular weight excluding hydrogens is 342 g/mol. The lowest BCUT2D eigenvalue weighted by molar-refractivity contribution is -0.123. The largest absolute Gasteiger partial charge is 0.352 e. The van der Waals surface area contributed by atoms with Gasteiger partial charge in [-0.15, -0.1) is 0 Å². The van der Waals surface area contributed by atoms with E-state index in [2.05, 4.69) is 46.0 Å². The Labute approximate surface area is 173 Å². The van der Waals surface area contributed by atoms with Gasteiger partial charge in [0.05, 0.1) is 0 Å². The number of hydrogen-bond donors (Lipinski definition) is 1. The molecule has 0 spiro atoms. The zero-order chi connectivity index (χ0) is 20.1. The fourth-order valence-corrected chi connectivity index (χ4v) is 8.32. The van der Waals surface area contributed by atoms with E-state index in [1.807, 2.05) is 0 Å². The van der Waals surface area contributed by atoms with Crippen molar-refractivity contribution >= 4 is 5.91 Å². The van der Waals surface area contributed by atoms with Gasteiger partial charge in [-0.1, -0.05) is 60.0 Å². The van der Waals surface area contributed by atoms with E-state index in [0.29, 0.717) is 5.41 Å². The van der Waals surface area contributed by atoms with Gasteiger partial charge in [0.25, 0.3) is 0 Å². The maximum atomic E-state index is 12.5. The number of rotatable bonds is 5. The Bertz CT molecular complexity index is 636. The van der Waals surface area contributed by atoms with Gasteiger partial charge in [0.1, 0.15) is 0 Å². The normalized spacial score (nSPS) is 43.6. The van der Waals surface area contributed by atoms with Crippen LogP contribution in [-0.4, -0.2) is 12.5 Å². The van der Waals surface area contributed by atoms with Gasteiger partial charge in [0, 0.05) is 17.5 Å². The monoisotopic (exact) mass is 385 g/mol. The van der Waals surface area contributed by atoms with Crippen LogP contribution in [0.25, 0.3) is 0 Å². The van der Waals surface area contributed by atoms with Gasteiger partial charge in [-0.2, -0.15) is 0 Å². The molecule has 1 heterocycles. The van der Waals surface area contributed by atoms with E-state index in [1.54, 1.807) is 0 Å². The second kappa shape index (κ2) is 7.47. The van der Waals surface area contributed by atoms with Crippen LogP contribution >= 0.6 is 0 Å². The van der Waals surface area contributed by atoms with Crippen LogP contribution in [-0.2, 0) is 4.79 Å². The molecule has 0 bridgehead atoms. The number of carbonyl (C=O) groups is 1. The third-order valence-electron chi connectivity index (χ3n) is 9.84. The van der Waals surface area contributed by atoms with Crippen LogP contribution in [0.5, 0.6) is 0 Å². The molecular formula is C26H43NO. The highest BCUT2D eigenvalue weighted by Crippen LogP contribution is 2.66. The van der Waals surface area contributed by atoms with Crippen LogP contribution in [0, 0.1) is 46.3 Å². The number of amides is 1. The van der Waals surface area contributed by atoms with Gasteiger partial charge in [0.2, 0.25) is 5.91 Å². The van der Waals surface area contributed by atoms with Crippen molar-refractivity contribution in [1.29, 1.82) is 0 Å². The van der Waals surface area contributed by atoms with E-state index < -0.39 is 0 Å². The number of fused-ring (bicyclic) bond motifs is 5. The third kappa shape index (κ3) is 3.18. The molecule has 2 heteroatoms. The summed E-state index contributed by atoms with van der Waals surface area (Å²) in [4.78, 5) is 12.5. The second-order valence-electron chi connectivity index (χ2n) is 11.7. The topological polar surface area (TPSA) is 29.1 Å². The quantitative estimate of drug-likeness (QED) is 0.586. The summed E-state index contributed by atoms with van der Waals surface area (Å²) in [6.45, 7) is 13.2. The summed E-state index contributed by atoms with van der Waals surface area (Å²) in [5.74, 6) is 5.27. The minimum Gasteiger partial charge on any atom is -0.352 e. The molecule has 7 atom stereocenters. The summed E-state index contributed by atoms with van der Waals surface area (Å²) >= 11 is 0. The third-order valence-corrected chi connectivity index (χ3v) is 9.84. The Balaban J connectivity index is 1.51. The van der Waals surface area contributed by atoms with E-state index in [0.717, 1.165) is 60.5 Å². The number of hydrogen-bond acceptors (Lipinski definition) is 1. The molecule has 0 aromatic heterocycles. The minimum atomic E-state index is 0.132. The Morgan fingerprint density at radius 2 is 1.86 bits per heavy atom. The number of piperidine rings is 1. The highest BCUT2D eigenvalue weighted by atomic mass is 16.1. The summed E-state index contributed by atoms with van der Waals surface area (Å²) in [6, 6.07) is 0. The molecule has 1 saturated heterocycles. The molecule has 4 aliphatic rings. The highest BCUT2D eigenvalue weighted by molar-refractivity contribution is 5.95. The van der Waals surface area contributed by atoms with Crippen LogP contribution in [0.2, 0.25) is 0 Å². The summed E-state index contributed by atoms with van der Waals surface area (Å²) < 4.78 is 0. The predicted molar refractivity (Wildman–Crippen MR) is 117 cm³/mol. The van der Waals surface area contributed by atoms with Gasteiger partial charge >= 0.3 is 0 Å². The lowest BCUT2D eigenvalue weighted by Crippen LogP contribution is -2.54. The van der Waals surface area contributed by atoms with Gasteiger partial charge < -0.3 is 5.32 Å². The number of allylic oxidation sites excluding steroid dienone is 1. The van der Waals surface area contributed by atoms with E-state index in [9.17, 15) is 4.79 Å².